The van der Waals surface area contributed by atoms with Gasteiger partial charge >= 0.3 is 0 Å². The van der Waals surface area contributed by atoms with E-state index in [9.17, 15) is 0 Å². The van der Waals surface area contributed by atoms with Crippen LogP contribution < -0.4 is 0 Å². The molecule has 128 valence electrons. The smallest absolute Gasteiger partial charge is 0.191 e. The van der Waals surface area contributed by atoms with Crippen LogP contribution in [0.5, 0.6) is 0 Å². The molecule has 2 aromatic carbocycles. The first-order chi connectivity index (χ1) is 12.2. The van der Waals surface area contributed by atoms with Crippen molar-refractivity contribution in [3.8, 4) is 0 Å². The number of benzene rings is 2. The summed E-state index contributed by atoms with van der Waals surface area (Å²) in [6, 6.07) is 15.8. The normalized spacial score (nSPS) is 10.8. The molecule has 0 aliphatic heterocycles. The highest BCUT2D eigenvalue weighted by atomic mass is 35.5. The van der Waals surface area contributed by atoms with Gasteiger partial charge in [0.2, 0.25) is 0 Å². The summed E-state index contributed by atoms with van der Waals surface area (Å²) >= 11 is 13.8. The average molecular weight is 390 g/mol. The third-order valence-electron chi connectivity index (χ3n) is 3.68. The predicted molar refractivity (Wildman–Crippen MR) is 105 cm³/mol. The van der Waals surface area contributed by atoms with Crippen LogP contribution in [0.3, 0.4) is 0 Å². The Bertz CT molecular complexity index is 862. The van der Waals surface area contributed by atoms with Gasteiger partial charge in [0.05, 0.1) is 0 Å². The van der Waals surface area contributed by atoms with E-state index in [0.717, 1.165) is 23.0 Å². The Morgan fingerprint density at radius 3 is 2.60 bits per heavy atom. The molecule has 0 unspecified atom stereocenters. The van der Waals surface area contributed by atoms with E-state index < -0.39 is 0 Å². The Morgan fingerprint density at radius 2 is 1.88 bits per heavy atom. The number of rotatable bonds is 7. The Balaban J connectivity index is 1.78. The van der Waals surface area contributed by atoms with Crippen molar-refractivity contribution in [1.82, 2.24) is 14.8 Å². The zero-order chi connectivity index (χ0) is 17.6. The van der Waals surface area contributed by atoms with E-state index in [0.29, 0.717) is 22.3 Å². The van der Waals surface area contributed by atoms with E-state index >= 15 is 0 Å². The molecule has 1 aromatic heterocycles. The fourth-order valence-corrected chi connectivity index (χ4v) is 3.95. The molecule has 6 heteroatoms. The van der Waals surface area contributed by atoms with Gasteiger partial charge in [-0.25, -0.2) is 0 Å². The Hall–Kier alpha value is -1.75. The van der Waals surface area contributed by atoms with Gasteiger partial charge < -0.3 is 4.57 Å². The van der Waals surface area contributed by atoms with Crippen molar-refractivity contribution in [3.05, 3.63) is 88.2 Å². The van der Waals surface area contributed by atoms with Crippen LogP contribution in [0.4, 0.5) is 0 Å². The van der Waals surface area contributed by atoms with Gasteiger partial charge in [-0.2, -0.15) is 0 Å². The molecule has 0 bridgehead atoms. The minimum atomic E-state index is 0.638. The highest BCUT2D eigenvalue weighted by Gasteiger charge is 2.13. The molecule has 3 rings (SSSR count). The van der Waals surface area contributed by atoms with Gasteiger partial charge in [-0.1, -0.05) is 77.4 Å². The van der Waals surface area contributed by atoms with Gasteiger partial charge in [-0.15, -0.1) is 16.8 Å². The lowest BCUT2D eigenvalue weighted by Crippen LogP contribution is -2.04. The highest BCUT2D eigenvalue weighted by molar-refractivity contribution is 7.98. The minimum Gasteiger partial charge on any atom is -0.302 e. The summed E-state index contributed by atoms with van der Waals surface area (Å²) in [5, 5.41) is 10.9. The van der Waals surface area contributed by atoms with Crippen molar-refractivity contribution in [3.63, 3.8) is 0 Å². The summed E-state index contributed by atoms with van der Waals surface area (Å²) in [7, 11) is 0. The van der Waals surface area contributed by atoms with Crippen molar-refractivity contribution in [2.24, 2.45) is 0 Å². The lowest BCUT2D eigenvalue weighted by Gasteiger charge is -2.08. The molecular formula is C19H17Cl2N3S. The molecule has 0 atom stereocenters. The lowest BCUT2D eigenvalue weighted by molar-refractivity contribution is 0.690. The van der Waals surface area contributed by atoms with Crippen molar-refractivity contribution in [1.29, 1.82) is 0 Å². The number of hydrogen-bond acceptors (Lipinski definition) is 3. The van der Waals surface area contributed by atoms with Crippen LogP contribution in [0.25, 0.3) is 0 Å². The molecule has 0 amide bonds. The molecule has 25 heavy (non-hydrogen) atoms. The van der Waals surface area contributed by atoms with E-state index in [1.165, 1.54) is 5.56 Å². The van der Waals surface area contributed by atoms with Crippen LogP contribution in [0.1, 0.15) is 17.0 Å². The van der Waals surface area contributed by atoms with Gasteiger partial charge in [0.1, 0.15) is 5.82 Å². The first kappa shape index (κ1) is 18.1. The van der Waals surface area contributed by atoms with Gasteiger partial charge in [0, 0.05) is 28.8 Å². The Labute approximate surface area is 161 Å². The van der Waals surface area contributed by atoms with E-state index in [-0.39, 0.29) is 0 Å². The molecule has 0 aliphatic carbocycles. The summed E-state index contributed by atoms with van der Waals surface area (Å²) in [5.74, 6) is 1.63. The van der Waals surface area contributed by atoms with Crippen molar-refractivity contribution in [2.75, 3.05) is 0 Å². The third kappa shape index (κ3) is 4.66. The zero-order valence-electron chi connectivity index (χ0n) is 13.5. The third-order valence-corrected chi connectivity index (χ3v) is 5.28. The quantitative estimate of drug-likeness (QED) is 0.386. The molecule has 0 radical (unpaired) electrons. The Morgan fingerprint density at radius 1 is 1.08 bits per heavy atom. The monoisotopic (exact) mass is 389 g/mol. The molecule has 0 saturated carbocycles. The zero-order valence-corrected chi connectivity index (χ0v) is 15.9. The van der Waals surface area contributed by atoms with Crippen LogP contribution in [-0.2, 0) is 18.7 Å². The van der Waals surface area contributed by atoms with Crippen molar-refractivity contribution >= 4 is 35.0 Å². The highest BCUT2D eigenvalue weighted by Crippen LogP contribution is 2.28. The fourth-order valence-electron chi connectivity index (χ4n) is 2.43. The maximum atomic E-state index is 6.25. The first-order valence-electron chi connectivity index (χ1n) is 7.81. The summed E-state index contributed by atoms with van der Waals surface area (Å²) in [6.45, 7) is 4.52. The topological polar surface area (TPSA) is 30.7 Å². The summed E-state index contributed by atoms with van der Waals surface area (Å²) in [4.78, 5) is 0. The van der Waals surface area contributed by atoms with E-state index in [1.807, 2.05) is 36.4 Å². The number of hydrogen-bond donors (Lipinski definition) is 0. The number of allylic oxidation sites excluding steroid dienone is 1. The SMILES string of the molecule is C=CCn1c(Cc2ccccc2)nnc1SCc1ccc(Cl)cc1Cl. The molecular weight excluding hydrogens is 373 g/mol. The van der Waals surface area contributed by atoms with E-state index in [2.05, 4.69) is 33.5 Å². The molecule has 3 nitrogen and oxygen atoms in total. The second-order valence-corrected chi connectivity index (χ2v) is 7.27. The van der Waals surface area contributed by atoms with Crippen LogP contribution in [0.15, 0.2) is 66.3 Å². The average Bonchev–Trinajstić information content (AvgIpc) is 2.97. The maximum absolute atomic E-state index is 6.25. The number of aromatic nitrogens is 3. The lowest BCUT2D eigenvalue weighted by atomic mass is 10.1. The van der Waals surface area contributed by atoms with Crippen LogP contribution in [0.2, 0.25) is 10.0 Å². The van der Waals surface area contributed by atoms with Gasteiger partial charge in [-0.3, -0.25) is 0 Å². The Kier molecular flexibility index (Phi) is 6.19. The van der Waals surface area contributed by atoms with Crippen LogP contribution in [-0.4, -0.2) is 14.8 Å². The molecule has 1 heterocycles. The maximum Gasteiger partial charge on any atom is 0.191 e. The summed E-state index contributed by atoms with van der Waals surface area (Å²) in [6.07, 6.45) is 2.60. The van der Waals surface area contributed by atoms with Gasteiger partial charge in [0.25, 0.3) is 0 Å². The number of thioether (sulfide) groups is 1. The number of halogens is 2. The van der Waals surface area contributed by atoms with Crippen molar-refractivity contribution in [2.45, 2.75) is 23.9 Å². The molecule has 3 aromatic rings. The van der Waals surface area contributed by atoms with E-state index in [1.54, 1.807) is 17.8 Å². The van der Waals surface area contributed by atoms with Crippen LogP contribution >= 0.6 is 35.0 Å². The minimum absolute atomic E-state index is 0.638. The molecule has 0 spiro atoms. The van der Waals surface area contributed by atoms with Crippen LogP contribution in [0, 0.1) is 0 Å². The molecule has 0 N–H and O–H groups in total. The molecule has 0 aliphatic rings. The fraction of sp³-hybridized carbons (Fsp3) is 0.158. The summed E-state index contributed by atoms with van der Waals surface area (Å²) < 4.78 is 2.09. The first-order valence-corrected chi connectivity index (χ1v) is 9.55. The van der Waals surface area contributed by atoms with E-state index in [4.69, 9.17) is 23.2 Å². The largest absolute Gasteiger partial charge is 0.302 e. The van der Waals surface area contributed by atoms with Crippen molar-refractivity contribution < 1.29 is 0 Å². The standard InChI is InChI=1S/C19H17Cl2N3S/c1-2-10-24-18(11-14-6-4-3-5-7-14)22-23-19(24)25-13-15-8-9-16(20)12-17(15)21/h2-9,12H,1,10-11,13H2. The predicted octanol–water partition coefficient (Wildman–Crippen LogP) is 5.65. The molecule has 0 fully saturated rings. The second-order valence-electron chi connectivity index (χ2n) is 5.48. The van der Waals surface area contributed by atoms with Gasteiger partial charge in [0.15, 0.2) is 5.16 Å². The van der Waals surface area contributed by atoms with Gasteiger partial charge in [-0.05, 0) is 23.3 Å². The molecule has 0 saturated heterocycles. The second kappa shape index (κ2) is 8.56. The number of nitrogens with zero attached hydrogens (tertiary/aromatic N) is 3. The summed E-state index contributed by atoms with van der Waals surface area (Å²) in [5.41, 5.74) is 2.23.